The molecular weight excluding hydrogens is 365 g/mol. The van der Waals surface area contributed by atoms with Crippen LogP contribution in [0.2, 0.25) is 5.02 Å². The number of carbonyl (C=O) groups excluding carboxylic acids is 1. The number of imidazole rings is 1. The van der Waals surface area contributed by atoms with Crippen LogP contribution in [-0.4, -0.2) is 26.9 Å². The standard InChI is InChI=1S/C20H23ClN3OP/c1-3-10-23(20(25)14-6-5-7-16(26)11-14)13-19-22-17-9-8-15(21)12-18(17)24(19)4-2/h5-9,11-12H,3-4,10,13,26H2,1-2H3. The zero-order valence-corrected chi connectivity index (χ0v) is 17.0. The third-order valence-corrected chi connectivity index (χ3v) is 4.95. The van der Waals surface area contributed by atoms with Crippen molar-refractivity contribution in [3.63, 3.8) is 0 Å². The summed E-state index contributed by atoms with van der Waals surface area (Å²) in [6, 6.07) is 13.3. The molecule has 1 unspecified atom stereocenters. The third kappa shape index (κ3) is 3.92. The molecule has 2 aromatic carbocycles. The molecule has 136 valence electrons. The van der Waals surface area contributed by atoms with Crippen LogP contribution >= 0.6 is 20.8 Å². The highest BCUT2D eigenvalue weighted by atomic mass is 35.5. The number of halogens is 1. The highest BCUT2D eigenvalue weighted by Gasteiger charge is 2.19. The summed E-state index contributed by atoms with van der Waals surface area (Å²) in [6.45, 7) is 6.10. The normalized spacial score (nSPS) is 11.1. The van der Waals surface area contributed by atoms with Crippen LogP contribution in [0.25, 0.3) is 11.0 Å². The van der Waals surface area contributed by atoms with E-state index in [2.05, 4.69) is 27.7 Å². The van der Waals surface area contributed by atoms with Crippen LogP contribution in [0.3, 0.4) is 0 Å². The van der Waals surface area contributed by atoms with Gasteiger partial charge in [0.25, 0.3) is 5.91 Å². The summed E-state index contributed by atoms with van der Waals surface area (Å²) in [4.78, 5) is 19.6. The first-order chi connectivity index (χ1) is 12.5. The second-order valence-electron chi connectivity index (χ2n) is 6.26. The van der Waals surface area contributed by atoms with E-state index in [1.165, 1.54) is 0 Å². The summed E-state index contributed by atoms with van der Waals surface area (Å²) < 4.78 is 2.13. The molecule has 0 radical (unpaired) electrons. The van der Waals surface area contributed by atoms with Crippen molar-refractivity contribution in [2.24, 2.45) is 0 Å². The molecular formula is C20H23ClN3OP. The summed E-state index contributed by atoms with van der Waals surface area (Å²) in [6.07, 6.45) is 0.893. The first-order valence-corrected chi connectivity index (χ1v) is 9.78. The lowest BCUT2D eigenvalue weighted by Gasteiger charge is -2.22. The fourth-order valence-corrected chi connectivity index (χ4v) is 3.62. The van der Waals surface area contributed by atoms with Crippen molar-refractivity contribution in [1.82, 2.24) is 14.5 Å². The van der Waals surface area contributed by atoms with E-state index in [4.69, 9.17) is 16.6 Å². The molecule has 6 heteroatoms. The van der Waals surface area contributed by atoms with Gasteiger partial charge in [0.15, 0.2) is 0 Å². The third-order valence-electron chi connectivity index (χ3n) is 4.35. The highest BCUT2D eigenvalue weighted by molar-refractivity contribution is 7.27. The Morgan fingerprint density at radius 2 is 2.04 bits per heavy atom. The second-order valence-corrected chi connectivity index (χ2v) is 7.36. The lowest BCUT2D eigenvalue weighted by molar-refractivity contribution is 0.0737. The summed E-state index contributed by atoms with van der Waals surface area (Å²) in [7, 11) is 2.64. The van der Waals surface area contributed by atoms with Gasteiger partial charge in [-0.15, -0.1) is 9.24 Å². The average Bonchev–Trinajstić information content (AvgIpc) is 2.97. The molecule has 1 heterocycles. The number of amides is 1. The molecule has 4 nitrogen and oxygen atoms in total. The molecule has 1 amide bonds. The zero-order valence-electron chi connectivity index (χ0n) is 15.1. The van der Waals surface area contributed by atoms with Crippen molar-refractivity contribution < 1.29 is 4.79 Å². The summed E-state index contributed by atoms with van der Waals surface area (Å²) in [5.41, 5.74) is 2.61. The molecule has 0 aliphatic rings. The Labute approximate surface area is 161 Å². The maximum atomic E-state index is 13.0. The van der Waals surface area contributed by atoms with E-state index in [1.807, 2.05) is 47.4 Å². The highest BCUT2D eigenvalue weighted by Crippen LogP contribution is 2.22. The summed E-state index contributed by atoms with van der Waals surface area (Å²) >= 11 is 6.15. The van der Waals surface area contributed by atoms with Crippen molar-refractivity contribution in [1.29, 1.82) is 0 Å². The number of aryl methyl sites for hydroxylation is 1. The number of aromatic nitrogens is 2. The molecule has 1 atom stereocenters. The zero-order chi connectivity index (χ0) is 18.7. The molecule has 0 spiro atoms. The first-order valence-electron chi connectivity index (χ1n) is 8.83. The predicted molar refractivity (Wildman–Crippen MR) is 111 cm³/mol. The van der Waals surface area contributed by atoms with Gasteiger partial charge >= 0.3 is 0 Å². The summed E-state index contributed by atoms with van der Waals surface area (Å²) in [5.74, 6) is 0.914. The van der Waals surface area contributed by atoms with E-state index < -0.39 is 0 Å². The van der Waals surface area contributed by atoms with E-state index in [-0.39, 0.29) is 5.91 Å². The van der Waals surface area contributed by atoms with Crippen LogP contribution in [0.4, 0.5) is 0 Å². The lowest BCUT2D eigenvalue weighted by Crippen LogP contribution is -2.32. The Hall–Kier alpha value is -1.90. The number of carbonyl (C=O) groups is 1. The molecule has 0 N–H and O–H groups in total. The lowest BCUT2D eigenvalue weighted by atomic mass is 10.2. The van der Waals surface area contributed by atoms with Gasteiger partial charge in [-0.25, -0.2) is 4.98 Å². The maximum absolute atomic E-state index is 13.0. The minimum atomic E-state index is 0.0314. The Morgan fingerprint density at radius 1 is 1.23 bits per heavy atom. The minimum absolute atomic E-state index is 0.0314. The first kappa shape index (κ1) is 18.9. The molecule has 0 saturated carbocycles. The van der Waals surface area contributed by atoms with Crippen molar-refractivity contribution in [3.8, 4) is 0 Å². The van der Waals surface area contributed by atoms with E-state index in [9.17, 15) is 4.79 Å². The smallest absolute Gasteiger partial charge is 0.254 e. The summed E-state index contributed by atoms with van der Waals surface area (Å²) in [5, 5.41) is 1.69. The van der Waals surface area contributed by atoms with E-state index in [0.29, 0.717) is 23.7 Å². The molecule has 3 aromatic rings. The Kier molecular flexibility index (Phi) is 5.95. The second kappa shape index (κ2) is 8.20. The van der Waals surface area contributed by atoms with Gasteiger partial charge in [-0.3, -0.25) is 4.79 Å². The van der Waals surface area contributed by atoms with Gasteiger partial charge in [0.05, 0.1) is 17.6 Å². The molecule has 0 fully saturated rings. The number of benzene rings is 2. The SMILES string of the molecule is CCCN(Cc1nc2ccc(Cl)cc2n1CC)C(=O)c1cccc(P)c1. The number of rotatable bonds is 6. The fraction of sp³-hybridized carbons (Fsp3) is 0.300. The van der Waals surface area contributed by atoms with Crippen LogP contribution in [0.15, 0.2) is 42.5 Å². The van der Waals surface area contributed by atoms with E-state index >= 15 is 0 Å². The van der Waals surface area contributed by atoms with Gasteiger partial charge in [-0.2, -0.15) is 0 Å². The van der Waals surface area contributed by atoms with Gasteiger partial charge in [-0.1, -0.05) is 30.7 Å². The van der Waals surface area contributed by atoms with Crippen LogP contribution in [0.5, 0.6) is 0 Å². The molecule has 0 bridgehead atoms. The topological polar surface area (TPSA) is 38.1 Å². The van der Waals surface area contributed by atoms with Crippen LogP contribution in [0, 0.1) is 0 Å². The van der Waals surface area contributed by atoms with Gasteiger partial charge in [0.1, 0.15) is 5.82 Å². The van der Waals surface area contributed by atoms with Gasteiger partial charge in [0.2, 0.25) is 0 Å². The van der Waals surface area contributed by atoms with Crippen LogP contribution < -0.4 is 5.30 Å². The number of hydrogen-bond donors (Lipinski definition) is 0. The maximum Gasteiger partial charge on any atom is 0.254 e. The predicted octanol–water partition coefficient (Wildman–Crippen LogP) is 4.26. The van der Waals surface area contributed by atoms with Crippen molar-refractivity contribution in [2.45, 2.75) is 33.4 Å². The van der Waals surface area contributed by atoms with Gasteiger partial charge < -0.3 is 9.47 Å². The molecule has 0 aliphatic heterocycles. The quantitative estimate of drug-likeness (QED) is 0.593. The molecule has 1 aromatic heterocycles. The van der Waals surface area contributed by atoms with E-state index in [0.717, 1.165) is 35.1 Å². The largest absolute Gasteiger partial charge is 0.331 e. The van der Waals surface area contributed by atoms with Crippen LogP contribution in [-0.2, 0) is 13.1 Å². The fourth-order valence-electron chi connectivity index (χ4n) is 3.17. The van der Waals surface area contributed by atoms with Crippen molar-refractivity contribution in [3.05, 3.63) is 58.9 Å². The monoisotopic (exact) mass is 387 g/mol. The molecule has 0 saturated heterocycles. The molecule has 26 heavy (non-hydrogen) atoms. The molecule has 0 aliphatic carbocycles. The Bertz CT molecular complexity index is 938. The molecule has 3 rings (SSSR count). The van der Waals surface area contributed by atoms with E-state index in [1.54, 1.807) is 0 Å². The van der Waals surface area contributed by atoms with Crippen molar-refractivity contribution >= 4 is 43.1 Å². The Balaban J connectivity index is 1.95. The van der Waals surface area contributed by atoms with Gasteiger partial charge in [0, 0.05) is 23.7 Å². The van der Waals surface area contributed by atoms with Crippen LogP contribution in [0.1, 0.15) is 36.5 Å². The minimum Gasteiger partial charge on any atom is -0.331 e. The Morgan fingerprint density at radius 3 is 2.73 bits per heavy atom. The average molecular weight is 388 g/mol. The number of hydrogen-bond acceptors (Lipinski definition) is 2. The number of nitrogens with zero attached hydrogens (tertiary/aromatic N) is 3. The van der Waals surface area contributed by atoms with Crippen molar-refractivity contribution in [2.75, 3.05) is 6.54 Å². The van der Waals surface area contributed by atoms with Gasteiger partial charge in [-0.05, 0) is 49.0 Å². The number of fused-ring (bicyclic) bond motifs is 1.